The van der Waals surface area contributed by atoms with Crippen LogP contribution >= 0.6 is 0 Å². The van der Waals surface area contributed by atoms with Gasteiger partial charge in [0.15, 0.2) is 0 Å². The molecule has 14 heavy (non-hydrogen) atoms. The molecule has 0 N–H and O–H groups in total. The third kappa shape index (κ3) is 3.48. The highest BCUT2D eigenvalue weighted by Gasteiger charge is 2.34. The zero-order chi connectivity index (χ0) is 11.7. The summed E-state index contributed by atoms with van der Waals surface area (Å²) < 4.78 is 0. The van der Waals surface area contributed by atoms with Gasteiger partial charge in [-0.05, 0) is 22.7 Å². The number of allylic oxidation sites excluding steroid dienone is 1. The zero-order valence-corrected chi connectivity index (χ0v) is 11.4. The molecule has 0 saturated carbocycles. The molecule has 84 valence electrons. The van der Waals surface area contributed by atoms with Gasteiger partial charge in [-0.3, -0.25) is 0 Å². The summed E-state index contributed by atoms with van der Waals surface area (Å²) in [6.45, 7) is 22.6. The Hall–Kier alpha value is -0.260. The highest BCUT2D eigenvalue weighted by atomic mass is 14.4. The van der Waals surface area contributed by atoms with Gasteiger partial charge in [-0.25, -0.2) is 0 Å². The van der Waals surface area contributed by atoms with E-state index in [0.717, 1.165) is 0 Å². The van der Waals surface area contributed by atoms with Crippen LogP contribution in [0.5, 0.6) is 0 Å². The van der Waals surface area contributed by atoms with Gasteiger partial charge >= 0.3 is 0 Å². The highest BCUT2D eigenvalue weighted by molar-refractivity contribution is 5.13. The second-order valence-corrected chi connectivity index (χ2v) is 6.86. The lowest BCUT2D eigenvalue weighted by Gasteiger charge is -2.40. The first-order valence-corrected chi connectivity index (χ1v) is 5.67. The Morgan fingerprint density at radius 2 is 1.29 bits per heavy atom. The summed E-state index contributed by atoms with van der Waals surface area (Å²) in [5.41, 5.74) is 1.93. The molecule has 0 bridgehead atoms. The van der Waals surface area contributed by atoms with E-state index in [1.807, 2.05) is 0 Å². The Bertz CT molecular complexity index is 195. The van der Waals surface area contributed by atoms with Crippen LogP contribution in [-0.4, -0.2) is 0 Å². The Morgan fingerprint density at radius 1 is 0.929 bits per heavy atom. The molecule has 0 aliphatic carbocycles. The molecule has 0 heteroatoms. The second kappa shape index (κ2) is 4.08. The number of rotatable bonds is 2. The van der Waals surface area contributed by atoms with Crippen LogP contribution < -0.4 is 0 Å². The quantitative estimate of drug-likeness (QED) is 0.551. The smallest absolute Gasteiger partial charge is 0.0129 e. The van der Waals surface area contributed by atoms with Crippen molar-refractivity contribution < 1.29 is 0 Å². The van der Waals surface area contributed by atoms with E-state index in [9.17, 15) is 0 Å². The van der Waals surface area contributed by atoms with Crippen molar-refractivity contribution in [3.05, 3.63) is 12.2 Å². The van der Waals surface area contributed by atoms with Gasteiger partial charge in [-0.2, -0.15) is 0 Å². The van der Waals surface area contributed by atoms with E-state index in [1.54, 1.807) is 0 Å². The summed E-state index contributed by atoms with van der Waals surface area (Å²) in [5, 5.41) is 0. The minimum Gasteiger partial charge on any atom is -0.0990 e. The first kappa shape index (κ1) is 13.7. The van der Waals surface area contributed by atoms with Crippen molar-refractivity contribution in [2.75, 3.05) is 0 Å². The van der Waals surface area contributed by atoms with Gasteiger partial charge in [-0.1, -0.05) is 67.5 Å². The minimum atomic E-state index is 0.224. The van der Waals surface area contributed by atoms with Gasteiger partial charge in [0.1, 0.15) is 0 Å². The normalized spacial score (nSPS) is 15.8. The molecule has 1 atom stereocenters. The third-order valence-corrected chi connectivity index (χ3v) is 2.94. The molecule has 0 aromatic rings. The maximum Gasteiger partial charge on any atom is -0.0129 e. The predicted molar refractivity (Wildman–Crippen MR) is 66.4 cm³/mol. The van der Waals surface area contributed by atoms with Crippen molar-refractivity contribution >= 4 is 0 Å². The molecule has 0 aromatic carbocycles. The van der Waals surface area contributed by atoms with Gasteiger partial charge in [0.25, 0.3) is 0 Å². The summed E-state index contributed by atoms with van der Waals surface area (Å²) in [7, 11) is 0. The molecule has 0 amide bonds. The van der Waals surface area contributed by atoms with Crippen molar-refractivity contribution in [3.8, 4) is 0 Å². The minimum absolute atomic E-state index is 0.224. The maximum absolute atomic E-state index is 4.31. The van der Waals surface area contributed by atoms with Gasteiger partial charge in [0, 0.05) is 0 Å². The Kier molecular flexibility index (Phi) is 4.01. The Balaban J connectivity index is 4.97. The van der Waals surface area contributed by atoms with Crippen LogP contribution in [-0.2, 0) is 0 Å². The van der Waals surface area contributed by atoms with E-state index in [4.69, 9.17) is 0 Å². The lowest BCUT2D eigenvalue weighted by Crippen LogP contribution is -2.31. The van der Waals surface area contributed by atoms with E-state index in [-0.39, 0.29) is 5.41 Å². The average Bonchev–Trinajstić information content (AvgIpc) is 1.79. The number of hydrogen-bond acceptors (Lipinski definition) is 0. The fourth-order valence-electron chi connectivity index (χ4n) is 2.39. The van der Waals surface area contributed by atoms with E-state index in [1.165, 1.54) is 5.57 Å². The van der Waals surface area contributed by atoms with Gasteiger partial charge in [0.2, 0.25) is 0 Å². The predicted octanol–water partition coefficient (Wildman–Crippen LogP) is 4.91. The summed E-state index contributed by atoms with van der Waals surface area (Å²) in [6.07, 6.45) is 0. The standard InChI is InChI=1S/C14H28/c1-10(2)12(14(7,8)9)11(3)13(4,5)6/h10,12H,3H2,1-2,4-9H3. The number of hydrogen-bond donors (Lipinski definition) is 0. The van der Waals surface area contributed by atoms with Crippen LogP contribution in [0.4, 0.5) is 0 Å². The second-order valence-electron chi connectivity index (χ2n) is 6.86. The summed E-state index contributed by atoms with van der Waals surface area (Å²) in [6, 6.07) is 0. The average molecular weight is 196 g/mol. The van der Waals surface area contributed by atoms with Crippen molar-refractivity contribution in [1.82, 2.24) is 0 Å². The van der Waals surface area contributed by atoms with E-state index < -0.39 is 0 Å². The summed E-state index contributed by atoms with van der Waals surface area (Å²) in [4.78, 5) is 0. The first-order valence-electron chi connectivity index (χ1n) is 5.67. The molecule has 0 rings (SSSR count). The Morgan fingerprint density at radius 3 is 1.36 bits per heavy atom. The fraction of sp³-hybridized carbons (Fsp3) is 0.857. The SMILES string of the molecule is C=C(C(C(C)C)C(C)(C)C)C(C)(C)C. The molecular formula is C14H28. The van der Waals surface area contributed by atoms with Crippen molar-refractivity contribution in [2.45, 2.75) is 55.4 Å². The van der Waals surface area contributed by atoms with Gasteiger partial charge in [0.05, 0.1) is 0 Å². The topological polar surface area (TPSA) is 0 Å². The summed E-state index contributed by atoms with van der Waals surface area (Å²) in [5.74, 6) is 1.27. The van der Waals surface area contributed by atoms with E-state index in [2.05, 4.69) is 62.0 Å². The van der Waals surface area contributed by atoms with Crippen molar-refractivity contribution in [1.29, 1.82) is 0 Å². The maximum atomic E-state index is 4.31. The monoisotopic (exact) mass is 196 g/mol. The molecule has 0 saturated heterocycles. The lowest BCUT2D eigenvalue weighted by molar-refractivity contribution is 0.188. The van der Waals surface area contributed by atoms with Crippen LogP contribution in [0.15, 0.2) is 12.2 Å². The van der Waals surface area contributed by atoms with Crippen molar-refractivity contribution in [2.24, 2.45) is 22.7 Å². The first-order chi connectivity index (χ1) is 5.98. The highest BCUT2D eigenvalue weighted by Crippen LogP contribution is 2.43. The fourth-order valence-corrected chi connectivity index (χ4v) is 2.39. The van der Waals surface area contributed by atoms with E-state index in [0.29, 0.717) is 17.3 Å². The zero-order valence-electron chi connectivity index (χ0n) is 11.4. The van der Waals surface area contributed by atoms with Crippen LogP contribution in [0.25, 0.3) is 0 Å². The van der Waals surface area contributed by atoms with Crippen LogP contribution in [0, 0.1) is 22.7 Å². The van der Waals surface area contributed by atoms with Gasteiger partial charge in [-0.15, -0.1) is 0 Å². The molecule has 1 unspecified atom stereocenters. The molecule has 0 aliphatic heterocycles. The van der Waals surface area contributed by atoms with Crippen LogP contribution in [0.1, 0.15) is 55.4 Å². The molecule has 0 aliphatic rings. The molecule has 0 spiro atoms. The van der Waals surface area contributed by atoms with Crippen LogP contribution in [0.3, 0.4) is 0 Å². The molecule has 0 heterocycles. The molecule has 0 aromatic heterocycles. The van der Waals surface area contributed by atoms with Gasteiger partial charge < -0.3 is 0 Å². The molecule has 0 radical (unpaired) electrons. The third-order valence-electron chi connectivity index (χ3n) is 2.94. The van der Waals surface area contributed by atoms with Crippen LogP contribution in [0.2, 0.25) is 0 Å². The molecular weight excluding hydrogens is 168 g/mol. The lowest BCUT2D eigenvalue weighted by atomic mass is 9.65. The summed E-state index contributed by atoms with van der Waals surface area (Å²) >= 11 is 0. The largest absolute Gasteiger partial charge is 0.0990 e. The van der Waals surface area contributed by atoms with Crippen molar-refractivity contribution in [3.63, 3.8) is 0 Å². The molecule has 0 nitrogen and oxygen atoms in total. The molecule has 0 fully saturated rings. The van der Waals surface area contributed by atoms with E-state index >= 15 is 0 Å². The Labute approximate surface area is 90.8 Å².